The predicted octanol–water partition coefficient (Wildman–Crippen LogP) is 1.96. The Kier molecular flexibility index (Phi) is 7.44. The number of anilines is 1. The molecule has 0 saturated carbocycles. The summed E-state index contributed by atoms with van der Waals surface area (Å²) in [5.41, 5.74) is 5.06. The predicted molar refractivity (Wildman–Crippen MR) is 129 cm³/mol. The number of primary amides is 1. The minimum Gasteiger partial charge on any atom is -0.381 e. The minimum absolute atomic E-state index is 0.00746. The molecule has 0 spiro atoms. The molecule has 1 fully saturated rings. The molecule has 0 bridgehead atoms. The van der Waals surface area contributed by atoms with E-state index in [9.17, 15) is 18.8 Å². The summed E-state index contributed by atoms with van der Waals surface area (Å²) in [5.74, 6) is -2.02. The average Bonchev–Trinajstić information content (AvgIpc) is 3.30. The van der Waals surface area contributed by atoms with Gasteiger partial charge in [0.05, 0.1) is 17.3 Å². The van der Waals surface area contributed by atoms with E-state index in [1.807, 2.05) is 0 Å². The van der Waals surface area contributed by atoms with Crippen LogP contribution >= 0.6 is 11.6 Å². The lowest BCUT2D eigenvalue weighted by atomic mass is 9.84. The molecule has 1 unspecified atom stereocenters. The van der Waals surface area contributed by atoms with Gasteiger partial charge >= 0.3 is 0 Å². The number of rotatable bonds is 7. The van der Waals surface area contributed by atoms with Crippen molar-refractivity contribution in [1.29, 1.82) is 0 Å². The largest absolute Gasteiger partial charge is 0.381 e. The van der Waals surface area contributed by atoms with Gasteiger partial charge in [-0.15, -0.1) is 0 Å². The highest BCUT2D eigenvalue weighted by molar-refractivity contribution is 6.47. The number of nitrogens with zero attached hydrogens (tertiary/aromatic N) is 1. The Morgan fingerprint density at radius 1 is 1.14 bits per heavy atom. The standard InChI is InChI=1S/C24H25ClFN5O4/c25-19-11-16(26)3-6-18(19)21(32)31-17-4-1-15(2-5-17)24(23(27)34)20(29-13-30-24)22(33)28-12-14-7-9-35-10-8-14/h1-6,11,14,30H,7-10,12-13H2,(H2,27,34)(H,28,33)(H,31,32). The van der Waals surface area contributed by atoms with Gasteiger partial charge in [0.2, 0.25) is 5.91 Å². The van der Waals surface area contributed by atoms with Crippen molar-refractivity contribution < 1.29 is 23.5 Å². The van der Waals surface area contributed by atoms with Gasteiger partial charge in [0.1, 0.15) is 11.5 Å². The van der Waals surface area contributed by atoms with Crippen LogP contribution in [-0.2, 0) is 19.9 Å². The number of ether oxygens (including phenoxy) is 1. The number of amides is 3. The Labute approximate surface area is 206 Å². The van der Waals surface area contributed by atoms with E-state index in [4.69, 9.17) is 22.1 Å². The number of halogens is 2. The topological polar surface area (TPSA) is 135 Å². The number of nitrogens with one attached hydrogen (secondary N) is 3. The quantitative estimate of drug-likeness (QED) is 0.460. The first-order chi connectivity index (χ1) is 16.8. The molecular formula is C24H25ClFN5O4. The minimum atomic E-state index is -1.61. The van der Waals surface area contributed by atoms with Crippen molar-refractivity contribution in [2.45, 2.75) is 18.4 Å². The lowest BCUT2D eigenvalue weighted by Crippen LogP contribution is -2.58. The summed E-state index contributed by atoms with van der Waals surface area (Å²) in [6, 6.07) is 9.75. The monoisotopic (exact) mass is 501 g/mol. The summed E-state index contributed by atoms with van der Waals surface area (Å²) < 4.78 is 18.6. The van der Waals surface area contributed by atoms with E-state index in [1.54, 1.807) is 24.3 Å². The van der Waals surface area contributed by atoms with E-state index in [0.29, 0.717) is 36.9 Å². The molecular weight excluding hydrogens is 477 g/mol. The van der Waals surface area contributed by atoms with Crippen molar-refractivity contribution >= 4 is 40.7 Å². The molecule has 4 rings (SSSR count). The Bertz CT molecular complexity index is 1170. The van der Waals surface area contributed by atoms with Gasteiger partial charge < -0.3 is 21.1 Å². The van der Waals surface area contributed by atoms with Crippen LogP contribution in [0.5, 0.6) is 0 Å². The zero-order valence-electron chi connectivity index (χ0n) is 18.8. The SMILES string of the molecule is NC(=O)C1(c2ccc(NC(=O)c3ccc(F)cc3Cl)cc2)NCN=C1C(=O)NCC1CCOCC1. The van der Waals surface area contributed by atoms with Crippen LogP contribution in [0.3, 0.4) is 0 Å². The molecule has 0 aliphatic carbocycles. The maximum atomic E-state index is 13.3. The van der Waals surface area contributed by atoms with E-state index in [0.717, 1.165) is 25.0 Å². The molecule has 2 aliphatic rings. The fourth-order valence-electron chi connectivity index (χ4n) is 4.21. The van der Waals surface area contributed by atoms with Crippen LogP contribution < -0.4 is 21.7 Å². The second-order valence-corrected chi connectivity index (χ2v) is 8.78. The lowest BCUT2D eigenvalue weighted by molar-refractivity contribution is -0.123. The van der Waals surface area contributed by atoms with E-state index in [2.05, 4.69) is 20.9 Å². The van der Waals surface area contributed by atoms with E-state index < -0.39 is 29.1 Å². The second kappa shape index (κ2) is 10.5. The van der Waals surface area contributed by atoms with Crippen LogP contribution in [0.4, 0.5) is 10.1 Å². The molecule has 0 radical (unpaired) electrons. The van der Waals surface area contributed by atoms with Crippen LogP contribution in [-0.4, -0.2) is 49.9 Å². The molecule has 2 aromatic rings. The number of nitrogens with two attached hydrogens (primary N) is 1. The molecule has 2 heterocycles. The van der Waals surface area contributed by atoms with Crippen molar-refractivity contribution in [2.24, 2.45) is 16.6 Å². The molecule has 0 aromatic heterocycles. The van der Waals surface area contributed by atoms with Crippen molar-refractivity contribution in [3.05, 3.63) is 64.4 Å². The summed E-state index contributed by atoms with van der Waals surface area (Å²) in [4.78, 5) is 42.4. The third kappa shape index (κ3) is 5.19. The van der Waals surface area contributed by atoms with E-state index >= 15 is 0 Å². The summed E-state index contributed by atoms with van der Waals surface area (Å²) >= 11 is 5.96. The van der Waals surface area contributed by atoms with Crippen LogP contribution in [0.15, 0.2) is 47.5 Å². The van der Waals surface area contributed by atoms with Crippen LogP contribution in [0.2, 0.25) is 5.02 Å². The Morgan fingerprint density at radius 2 is 1.86 bits per heavy atom. The van der Waals surface area contributed by atoms with Crippen molar-refractivity contribution in [1.82, 2.24) is 10.6 Å². The zero-order chi connectivity index (χ0) is 25.0. The zero-order valence-corrected chi connectivity index (χ0v) is 19.5. The molecule has 11 heteroatoms. The molecule has 35 heavy (non-hydrogen) atoms. The van der Waals surface area contributed by atoms with Gasteiger partial charge in [-0.2, -0.15) is 0 Å². The van der Waals surface area contributed by atoms with Gasteiger partial charge in [0.25, 0.3) is 11.8 Å². The molecule has 3 amide bonds. The van der Waals surface area contributed by atoms with Crippen molar-refractivity contribution in [2.75, 3.05) is 31.7 Å². The first-order valence-electron chi connectivity index (χ1n) is 11.1. The summed E-state index contributed by atoms with van der Waals surface area (Å²) in [6.45, 7) is 1.81. The average molecular weight is 502 g/mol. The molecule has 2 aromatic carbocycles. The number of aliphatic imine (C=N–C) groups is 1. The molecule has 2 aliphatic heterocycles. The highest BCUT2D eigenvalue weighted by Gasteiger charge is 2.49. The summed E-state index contributed by atoms with van der Waals surface area (Å²) in [5, 5.41) is 8.47. The maximum Gasteiger partial charge on any atom is 0.268 e. The highest BCUT2D eigenvalue weighted by atomic mass is 35.5. The van der Waals surface area contributed by atoms with Crippen molar-refractivity contribution in [3.63, 3.8) is 0 Å². The normalized spacial score (nSPS) is 20.2. The first-order valence-corrected chi connectivity index (χ1v) is 11.5. The third-order valence-corrected chi connectivity index (χ3v) is 6.48. The Hall–Kier alpha value is -3.34. The Morgan fingerprint density at radius 3 is 2.51 bits per heavy atom. The smallest absolute Gasteiger partial charge is 0.268 e. The number of carbonyl (C=O) groups is 3. The van der Waals surface area contributed by atoms with Gasteiger partial charge in [-0.1, -0.05) is 23.7 Å². The highest BCUT2D eigenvalue weighted by Crippen LogP contribution is 2.29. The number of hydrogen-bond acceptors (Lipinski definition) is 6. The van der Waals surface area contributed by atoms with Crippen LogP contribution in [0.1, 0.15) is 28.8 Å². The van der Waals surface area contributed by atoms with E-state index in [-0.39, 0.29) is 23.0 Å². The molecule has 5 N–H and O–H groups in total. The van der Waals surface area contributed by atoms with Crippen molar-refractivity contribution in [3.8, 4) is 0 Å². The fourth-order valence-corrected chi connectivity index (χ4v) is 4.47. The van der Waals surface area contributed by atoms with Crippen LogP contribution in [0.25, 0.3) is 0 Å². The molecule has 9 nitrogen and oxygen atoms in total. The molecule has 184 valence electrons. The van der Waals surface area contributed by atoms with Gasteiger partial charge in [0, 0.05) is 25.4 Å². The second-order valence-electron chi connectivity index (χ2n) is 8.38. The van der Waals surface area contributed by atoms with Gasteiger partial charge in [-0.3, -0.25) is 24.7 Å². The van der Waals surface area contributed by atoms with Crippen LogP contribution in [0, 0.1) is 11.7 Å². The number of benzene rings is 2. The Balaban J connectivity index is 1.50. The lowest BCUT2D eigenvalue weighted by Gasteiger charge is -2.28. The maximum absolute atomic E-state index is 13.3. The summed E-state index contributed by atoms with van der Waals surface area (Å²) in [7, 11) is 0. The summed E-state index contributed by atoms with van der Waals surface area (Å²) in [6.07, 6.45) is 1.70. The first kappa shape index (κ1) is 24.8. The fraction of sp³-hybridized carbons (Fsp3) is 0.333. The van der Waals surface area contributed by atoms with E-state index in [1.165, 1.54) is 6.07 Å². The molecule has 1 atom stereocenters. The number of hydrogen-bond donors (Lipinski definition) is 4. The van der Waals surface area contributed by atoms with Gasteiger partial charge in [-0.25, -0.2) is 4.39 Å². The van der Waals surface area contributed by atoms with Gasteiger partial charge in [-0.05, 0) is 54.7 Å². The third-order valence-electron chi connectivity index (χ3n) is 6.16. The van der Waals surface area contributed by atoms with Gasteiger partial charge in [0.15, 0.2) is 5.54 Å². The molecule has 1 saturated heterocycles. The number of carbonyl (C=O) groups excluding carboxylic acids is 3.